The van der Waals surface area contributed by atoms with Crippen molar-refractivity contribution < 1.29 is 27.5 Å². The highest BCUT2D eigenvalue weighted by molar-refractivity contribution is 9.10. The van der Waals surface area contributed by atoms with Crippen LogP contribution in [0.15, 0.2) is 23.6 Å². The molecule has 0 aromatic carbocycles. The summed E-state index contributed by atoms with van der Waals surface area (Å²) in [4.78, 5) is 33.9. The maximum Gasteiger partial charge on any atom is 0.318 e. The van der Waals surface area contributed by atoms with Crippen molar-refractivity contribution in [2.75, 3.05) is 33.1 Å². The van der Waals surface area contributed by atoms with E-state index in [1.807, 2.05) is 0 Å². The highest BCUT2D eigenvalue weighted by Crippen LogP contribution is 2.23. The lowest BCUT2D eigenvalue weighted by atomic mass is 10.2. The molecule has 2 amide bonds. The van der Waals surface area contributed by atoms with E-state index < -0.39 is 22.0 Å². The molecule has 0 aliphatic rings. The Labute approximate surface area is 208 Å². The third-order valence-corrected chi connectivity index (χ3v) is 6.11. The zero-order valence-corrected chi connectivity index (χ0v) is 21.5. The molecule has 0 radical (unpaired) electrons. The number of carbonyl (C=O) groups excluding carboxylic acids is 2. The molecule has 0 aliphatic heterocycles. The van der Waals surface area contributed by atoms with Crippen LogP contribution in [-0.2, 0) is 26.6 Å². The fourth-order valence-electron chi connectivity index (χ4n) is 2.94. The van der Waals surface area contributed by atoms with E-state index in [0.717, 1.165) is 10.3 Å². The lowest BCUT2D eigenvalue weighted by molar-refractivity contribution is -0.127. The normalized spacial score (nSPS) is 12.5. The van der Waals surface area contributed by atoms with Crippen LogP contribution in [-0.4, -0.2) is 93.2 Å². The summed E-state index contributed by atoms with van der Waals surface area (Å²) in [5.41, 5.74) is 6.56. The van der Waals surface area contributed by atoms with Crippen LogP contribution in [0.25, 0.3) is 17.1 Å². The molecule has 3 aromatic rings. The molecule has 14 nitrogen and oxygen atoms in total. The van der Waals surface area contributed by atoms with Crippen molar-refractivity contribution in [3.63, 3.8) is 0 Å². The number of nitrogens with zero attached hydrogens (tertiary/aromatic N) is 7. The van der Waals surface area contributed by atoms with Crippen LogP contribution >= 0.6 is 15.9 Å². The van der Waals surface area contributed by atoms with Crippen LogP contribution in [0.5, 0.6) is 6.01 Å². The van der Waals surface area contributed by atoms with E-state index >= 15 is 0 Å². The van der Waals surface area contributed by atoms with E-state index in [9.17, 15) is 18.0 Å². The summed E-state index contributed by atoms with van der Waals surface area (Å²) in [6.07, 6.45) is 4.18. The molecule has 188 valence electrons. The largest absolute Gasteiger partial charge is 0.448 e. The molecule has 0 fully saturated rings. The van der Waals surface area contributed by atoms with Gasteiger partial charge in [-0.3, -0.25) is 14.3 Å². The molecule has 0 unspecified atom stereocenters. The number of rotatable bonds is 11. The number of aromatic nitrogens is 6. The van der Waals surface area contributed by atoms with Gasteiger partial charge < -0.3 is 20.1 Å². The van der Waals surface area contributed by atoms with Gasteiger partial charge in [-0.15, -0.1) is 5.10 Å². The third-order valence-electron chi connectivity index (χ3n) is 4.67. The fraction of sp³-hybridized carbons (Fsp3) is 0.368. The molecular weight excluding hydrogens is 548 g/mol. The predicted octanol–water partition coefficient (Wildman–Crippen LogP) is -0.205. The number of amides is 2. The molecule has 35 heavy (non-hydrogen) atoms. The lowest BCUT2D eigenvalue weighted by Gasteiger charge is -2.18. The summed E-state index contributed by atoms with van der Waals surface area (Å²) in [6.45, 7) is 3.73. The van der Waals surface area contributed by atoms with E-state index in [-0.39, 0.29) is 53.0 Å². The van der Waals surface area contributed by atoms with Crippen LogP contribution in [0.1, 0.15) is 16.1 Å². The number of carbonyl (C=O) groups is 2. The monoisotopic (exact) mass is 570 g/mol. The molecule has 0 saturated carbocycles. The molecule has 0 aliphatic carbocycles. The number of nitrogens with two attached hydrogens (primary N) is 1. The molecule has 1 atom stereocenters. The second kappa shape index (κ2) is 10.5. The zero-order valence-electron chi connectivity index (χ0n) is 19.1. The molecule has 3 aromatic heterocycles. The number of hydrogen-bond acceptors (Lipinski definition) is 10. The molecule has 3 rings (SSSR count). The minimum Gasteiger partial charge on any atom is -0.448 e. The fourth-order valence-corrected chi connectivity index (χ4v) is 4.22. The Morgan fingerprint density at radius 1 is 1.37 bits per heavy atom. The smallest absolute Gasteiger partial charge is 0.318 e. The molecule has 3 heterocycles. The van der Waals surface area contributed by atoms with Crippen molar-refractivity contribution in [3.8, 4) is 6.01 Å². The van der Waals surface area contributed by atoms with Gasteiger partial charge in [0, 0.05) is 32.4 Å². The van der Waals surface area contributed by atoms with Gasteiger partial charge in [0.1, 0.15) is 11.0 Å². The number of hydrogen-bond donors (Lipinski definition) is 1. The first-order valence-corrected chi connectivity index (χ1v) is 12.6. The Kier molecular flexibility index (Phi) is 7.86. The third kappa shape index (κ3) is 6.01. The van der Waals surface area contributed by atoms with Gasteiger partial charge in [-0.2, -0.15) is 14.2 Å². The van der Waals surface area contributed by atoms with E-state index in [0.29, 0.717) is 5.56 Å². The first kappa shape index (κ1) is 26.2. The maximum atomic E-state index is 12.6. The summed E-state index contributed by atoms with van der Waals surface area (Å²) >= 11 is 3.14. The number of halogens is 1. The molecule has 0 spiro atoms. The zero-order chi connectivity index (χ0) is 25.9. The number of primary amides is 1. The van der Waals surface area contributed by atoms with Crippen molar-refractivity contribution >= 4 is 54.9 Å². The topological polar surface area (TPSA) is 177 Å². The average Bonchev–Trinajstić information content (AvgIpc) is 3.34. The minimum absolute atomic E-state index is 0.0816. The van der Waals surface area contributed by atoms with E-state index in [1.54, 1.807) is 26.4 Å². The number of likely N-dealkylation sites (N-methyl/N-ethyl adjacent to an activating group) is 1. The highest BCUT2D eigenvalue weighted by Gasteiger charge is 2.23. The highest BCUT2D eigenvalue weighted by atomic mass is 79.9. The Morgan fingerprint density at radius 3 is 2.71 bits per heavy atom. The van der Waals surface area contributed by atoms with Crippen molar-refractivity contribution in [1.82, 2.24) is 33.8 Å². The van der Waals surface area contributed by atoms with Gasteiger partial charge in [-0.25, -0.2) is 13.4 Å². The first-order valence-electron chi connectivity index (χ1n) is 9.99. The summed E-state index contributed by atoms with van der Waals surface area (Å²) in [5, 5.41) is 8.02. The SMILES string of the molecule is C=Cc1cn(C)nc1C(=O)N(C)CCOC[C@H](Oc1ncc2c(n1)c(Br)nn2S(C)(=O)=O)C(N)=O. The Balaban J connectivity index is 1.60. The number of aryl methyl sites for hydroxylation is 1. The van der Waals surface area contributed by atoms with E-state index in [4.69, 9.17) is 15.2 Å². The van der Waals surface area contributed by atoms with Gasteiger partial charge in [-0.1, -0.05) is 12.7 Å². The Bertz CT molecular complexity index is 1390. The standard InChI is InChI=1S/C19H23BrN8O6S/c1-5-11-9-27(3)24-14(11)18(30)26(2)6-7-33-10-13(17(21)29)34-19-22-8-12-15(23-19)16(20)25-28(12)35(4,31)32/h5,8-9,13H,1,6-7,10H2,2-4H3,(H2,21,29)/t13-/m0/s1. The van der Waals surface area contributed by atoms with Crippen molar-refractivity contribution in [3.05, 3.63) is 34.8 Å². The molecule has 0 bridgehead atoms. The summed E-state index contributed by atoms with van der Waals surface area (Å²) in [5.74, 6) is -1.14. The maximum absolute atomic E-state index is 12.6. The minimum atomic E-state index is -3.68. The summed E-state index contributed by atoms with van der Waals surface area (Å²) in [6, 6.07) is -0.224. The van der Waals surface area contributed by atoms with Gasteiger partial charge in [0.25, 0.3) is 21.8 Å². The lowest BCUT2D eigenvalue weighted by Crippen LogP contribution is -2.39. The van der Waals surface area contributed by atoms with Crippen molar-refractivity contribution in [2.45, 2.75) is 6.10 Å². The second-order valence-electron chi connectivity index (χ2n) is 7.40. The molecule has 0 saturated heterocycles. The molecule has 16 heteroatoms. The Hall–Kier alpha value is -3.37. The number of fused-ring (bicyclic) bond motifs is 1. The van der Waals surface area contributed by atoms with Crippen LogP contribution in [0.3, 0.4) is 0 Å². The van der Waals surface area contributed by atoms with Crippen LogP contribution in [0.4, 0.5) is 0 Å². The quantitative estimate of drug-likeness (QED) is 0.303. The Morgan fingerprint density at radius 2 is 2.09 bits per heavy atom. The average molecular weight is 571 g/mol. The summed E-state index contributed by atoms with van der Waals surface area (Å²) in [7, 11) is -0.391. The first-order chi connectivity index (χ1) is 16.4. The van der Waals surface area contributed by atoms with Crippen LogP contribution < -0.4 is 10.5 Å². The second-order valence-corrected chi connectivity index (χ2v) is 9.97. The van der Waals surface area contributed by atoms with Gasteiger partial charge in [-0.05, 0) is 15.9 Å². The predicted molar refractivity (Wildman–Crippen MR) is 128 cm³/mol. The van der Waals surface area contributed by atoms with Crippen molar-refractivity contribution in [2.24, 2.45) is 12.8 Å². The van der Waals surface area contributed by atoms with Gasteiger partial charge in [0.2, 0.25) is 6.10 Å². The number of ether oxygens (including phenoxy) is 2. The van der Waals surface area contributed by atoms with E-state index in [2.05, 4.69) is 42.7 Å². The molecule has 2 N–H and O–H groups in total. The van der Waals surface area contributed by atoms with Gasteiger partial charge in [0.15, 0.2) is 10.3 Å². The summed E-state index contributed by atoms with van der Waals surface area (Å²) < 4.78 is 37.1. The van der Waals surface area contributed by atoms with Crippen molar-refractivity contribution in [1.29, 1.82) is 0 Å². The molecular formula is C19H23BrN8O6S. The van der Waals surface area contributed by atoms with Gasteiger partial charge >= 0.3 is 6.01 Å². The van der Waals surface area contributed by atoms with E-state index in [1.165, 1.54) is 15.8 Å². The van der Waals surface area contributed by atoms with Crippen LogP contribution in [0, 0.1) is 0 Å². The van der Waals surface area contributed by atoms with Gasteiger partial charge in [0.05, 0.1) is 25.7 Å². The van der Waals surface area contributed by atoms with Crippen LogP contribution in [0.2, 0.25) is 0 Å².